The van der Waals surface area contributed by atoms with Gasteiger partial charge in [0, 0.05) is 24.4 Å². The molecule has 0 radical (unpaired) electrons. The Kier molecular flexibility index (Phi) is 6.48. The zero-order valence-corrected chi connectivity index (χ0v) is 19.6. The van der Waals surface area contributed by atoms with Gasteiger partial charge in [-0.05, 0) is 54.8 Å². The molecule has 0 unspecified atom stereocenters. The normalized spacial score (nSPS) is 10.7. The second-order valence-electron chi connectivity index (χ2n) is 7.38. The van der Waals surface area contributed by atoms with E-state index < -0.39 is 0 Å². The lowest BCUT2D eigenvalue weighted by atomic mass is 9.98. The number of benzene rings is 2. The summed E-state index contributed by atoms with van der Waals surface area (Å²) in [5.41, 5.74) is 5.07. The highest BCUT2D eigenvalue weighted by Crippen LogP contribution is 2.34. The van der Waals surface area contributed by atoms with Crippen LogP contribution in [0.25, 0.3) is 11.1 Å². The Hall–Kier alpha value is -3.62. The van der Waals surface area contributed by atoms with E-state index in [0.29, 0.717) is 38.9 Å². The first kappa shape index (κ1) is 22.6. The van der Waals surface area contributed by atoms with Crippen molar-refractivity contribution in [1.29, 1.82) is 0 Å². The summed E-state index contributed by atoms with van der Waals surface area (Å²) in [6.45, 7) is 3.89. The fourth-order valence-electron chi connectivity index (χ4n) is 3.27. The Balaban J connectivity index is 1.57. The monoisotopic (exact) mass is 481 g/mol. The number of hydrogen-bond acceptors (Lipinski definition) is 6. The molecule has 0 fully saturated rings. The van der Waals surface area contributed by atoms with E-state index in [0.717, 1.165) is 22.4 Å². The van der Waals surface area contributed by atoms with Crippen LogP contribution in [0.5, 0.6) is 0 Å². The summed E-state index contributed by atoms with van der Waals surface area (Å²) in [4.78, 5) is 20.5. The summed E-state index contributed by atoms with van der Waals surface area (Å²) in [5, 5.41) is 16.7. The van der Waals surface area contributed by atoms with Crippen molar-refractivity contribution in [2.24, 2.45) is 0 Å². The van der Waals surface area contributed by atoms with Gasteiger partial charge >= 0.3 is 0 Å². The maximum absolute atomic E-state index is 11.8. The first-order chi connectivity index (χ1) is 15.8. The number of hydrogen-bond donors (Lipinski definition) is 4. The zero-order valence-electron chi connectivity index (χ0n) is 18.1. The van der Waals surface area contributed by atoms with Crippen molar-refractivity contribution in [2.45, 2.75) is 13.8 Å². The molecule has 10 heteroatoms. The molecule has 1 amide bonds. The number of amides is 1. The molecule has 0 spiro atoms. The molecular formula is C23H21Cl2N7O. The van der Waals surface area contributed by atoms with Crippen LogP contribution in [0.3, 0.4) is 0 Å². The van der Waals surface area contributed by atoms with Crippen LogP contribution in [0.2, 0.25) is 10.0 Å². The highest BCUT2D eigenvalue weighted by Gasteiger charge is 2.12. The van der Waals surface area contributed by atoms with Gasteiger partial charge in [0.1, 0.15) is 5.02 Å². The molecule has 168 valence electrons. The van der Waals surface area contributed by atoms with E-state index in [9.17, 15) is 4.79 Å². The van der Waals surface area contributed by atoms with Crippen LogP contribution in [-0.2, 0) is 0 Å². The molecule has 0 aliphatic heterocycles. The molecule has 8 nitrogen and oxygen atoms in total. The third-order valence-corrected chi connectivity index (χ3v) is 5.53. The number of nitrogens with one attached hydrogen (secondary N) is 4. The summed E-state index contributed by atoms with van der Waals surface area (Å²) in [6, 6.07) is 13.0. The molecular weight excluding hydrogens is 461 g/mol. The van der Waals surface area contributed by atoms with E-state index in [4.69, 9.17) is 23.2 Å². The molecule has 4 N–H and O–H groups in total. The summed E-state index contributed by atoms with van der Waals surface area (Å²) < 4.78 is 0. The van der Waals surface area contributed by atoms with Gasteiger partial charge < -0.3 is 16.0 Å². The number of rotatable bonds is 6. The second-order valence-corrected chi connectivity index (χ2v) is 8.19. The quantitative estimate of drug-likeness (QED) is 0.284. The number of carbonyl (C=O) groups is 1. The molecule has 0 bridgehead atoms. The van der Waals surface area contributed by atoms with Crippen LogP contribution in [0, 0.1) is 13.8 Å². The molecule has 0 atom stereocenters. The number of anilines is 4. The number of halogens is 2. The SMILES string of the molecule is CNC(=O)c1ccc(-c2cc(Cl)c(Nc3ncc(Cl)c(Nc4cc(C)[nH]n4)n3)cc2C)cc1. The Labute approximate surface area is 200 Å². The molecule has 2 aromatic carbocycles. The first-order valence-corrected chi connectivity index (χ1v) is 10.8. The minimum Gasteiger partial charge on any atom is -0.355 e. The van der Waals surface area contributed by atoms with E-state index in [2.05, 4.69) is 36.1 Å². The number of carbonyl (C=O) groups excluding carboxylic acids is 1. The Morgan fingerprint density at radius 2 is 1.76 bits per heavy atom. The van der Waals surface area contributed by atoms with Gasteiger partial charge in [-0.1, -0.05) is 35.3 Å². The van der Waals surface area contributed by atoms with Crippen LogP contribution in [0.1, 0.15) is 21.6 Å². The largest absolute Gasteiger partial charge is 0.355 e. The van der Waals surface area contributed by atoms with E-state index >= 15 is 0 Å². The first-order valence-electron chi connectivity index (χ1n) is 10.1. The third kappa shape index (κ3) is 5.08. The van der Waals surface area contributed by atoms with Crippen molar-refractivity contribution in [3.05, 3.63) is 75.5 Å². The minimum absolute atomic E-state index is 0.130. The lowest BCUT2D eigenvalue weighted by molar-refractivity contribution is 0.0963. The topological polar surface area (TPSA) is 108 Å². The zero-order chi connectivity index (χ0) is 23.5. The summed E-state index contributed by atoms with van der Waals surface area (Å²) >= 11 is 12.8. The maximum Gasteiger partial charge on any atom is 0.251 e. The van der Waals surface area contributed by atoms with Crippen molar-refractivity contribution < 1.29 is 4.79 Å². The van der Waals surface area contributed by atoms with Gasteiger partial charge in [0.15, 0.2) is 11.6 Å². The van der Waals surface area contributed by atoms with Crippen molar-refractivity contribution >= 4 is 52.4 Å². The Morgan fingerprint density at radius 1 is 1.00 bits per heavy atom. The van der Waals surface area contributed by atoms with Gasteiger partial charge in [-0.3, -0.25) is 9.89 Å². The molecule has 2 heterocycles. The molecule has 33 heavy (non-hydrogen) atoms. The lowest BCUT2D eigenvalue weighted by Crippen LogP contribution is -2.17. The number of aryl methyl sites for hydroxylation is 2. The summed E-state index contributed by atoms with van der Waals surface area (Å²) in [7, 11) is 1.60. The summed E-state index contributed by atoms with van der Waals surface area (Å²) in [5.74, 6) is 1.22. The molecule has 0 aliphatic carbocycles. The minimum atomic E-state index is -0.130. The van der Waals surface area contributed by atoms with Crippen LogP contribution in [0.4, 0.5) is 23.3 Å². The van der Waals surface area contributed by atoms with Gasteiger partial charge in [-0.25, -0.2) is 4.98 Å². The molecule has 2 aromatic heterocycles. The fourth-order valence-corrected chi connectivity index (χ4v) is 3.62. The van der Waals surface area contributed by atoms with E-state index in [1.807, 2.05) is 44.2 Å². The molecule has 4 aromatic rings. The van der Waals surface area contributed by atoms with Crippen molar-refractivity contribution in [1.82, 2.24) is 25.5 Å². The standard InChI is InChI=1S/C23H21Cl2N7O/c1-12-8-19(17(24)10-16(12)14-4-6-15(7-5-14)22(33)26-3)28-23-27-11-18(25)21(30-23)29-20-9-13(2)31-32-20/h4-11H,1-3H3,(H,26,33)(H3,27,28,29,30,31,32). The number of nitrogens with zero attached hydrogens (tertiary/aromatic N) is 3. The molecule has 0 saturated carbocycles. The molecule has 4 rings (SSSR count). The molecule has 0 saturated heterocycles. The van der Waals surface area contributed by atoms with Crippen molar-refractivity contribution in [3.8, 4) is 11.1 Å². The van der Waals surface area contributed by atoms with Crippen molar-refractivity contribution in [2.75, 3.05) is 17.7 Å². The maximum atomic E-state index is 11.8. The van der Waals surface area contributed by atoms with Gasteiger partial charge in [-0.15, -0.1) is 0 Å². The Bertz CT molecular complexity index is 1320. The predicted molar refractivity (Wildman–Crippen MR) is 132 cm³/mol. The highest BCUT2D eigenvalue weighted by molar-refractivity contribution is 6.34. The number of aromatic amines is 1. The van der Waals surface area contributed by atoms with E-state index in [1.54, 1.807) is 19.2 Å². The van der Waals surface area contributed by atoms with E-state index in [-0.39, 0.29) is 5.91 Å². The second kappa shape index (κ2) is 9.48. The summed E-state index contributed by atoms with van der Waals surface area (Å²) in [6.07, 6.45) is 1.50. The van der Waals surface area contributed by atoms with Crippen LogP contribution in [-0.4, -0.2) is 33.1 Å². The highest BCUT2D eigenvalue weighted by atomic mass is 35.5. The smallest absolute Gasteiger partial charge is 0.251 e. The van der Waals surface area contributed by atoms with Crippen LogP contribution in [0.15, 0.2) is 48.7 Å². The van der Waals surface area contributed by atoms with Gasteiger partial charge in [0.2, 0.25) is 5.95 Å². The fraction of sp³-hybridized carbons (Fsp3) is 0.130. The van der Waals surface area contributed by atoms with Gasteiger partial charge in [0.25, 0.3) is 5.91 Å². The van der Waals surface area contributed by atoms with Gasteiger partial charge in [-0.2, -0.15) is 10.1 Å². The van der Waals surface area contributed by atoms with Gasteiger partial charge in [0.05, 0.1) is 16.9 Å². The molecule has 0 aliphatic rings. The average molecular weight is 482 g/mol. The van der Waals surface area contributed by atoms with Crippen molar-refractivity contribution in [3.63, 3.8) is 0 Å². The lowest BCUT2D eigenvalue weighted by Gasteiger charge is -2.13. The predicted octanol–water partition coefficient (Wildman–Crippen LogP) is 5.64. The Morgan fingerprint density at radius 3 is 2.42 bits per heavy atom. The van der Waals surface area contributed by atoms with E-state index in [1.165, 1.54) is 6.20 Å². The number of aromatic nitrogens is 4. The van der Waals surface area contributed by atoms with Crippen LogP contribution < -0.4 is 16.0 Å². The number of H-pyrrole nitrogens is 1. The average Bonchev–Trinajstić information content (AvgIpc) is 3.22. The third-order valence-electron chi connectivity index (χ3n) is 4.94. The van der Waals surface area contributed by atoms with Crippen LogP contribution >= 0.6 is 23.2 Å².